The van der Waals surface area contributed by atoms with Crippen molar-refractivity contribution in [3.63, 3.8) is 0 Å². The third-order valence-corrected chi connectivity index (χ3v) is 16.6. The fourth-order valence-corrected chi connectivity index (χ4v) is 11.9. The molecule has 2 aromatic carbocycles. The van der Waals surface area contributed by atoms with Crippen LogP contribution in [0.1, 0.15) is 122 Å². The predicted octanol–water partition coefficient (Wildman–Crippen LogP) is 1.10. The highest BCUT2D eigenvalue weighted by Crippen LogP contribution is 2.48. The summed E-state index contributed by atoms with van der Waals surface area (Å²) in [6, 6.07) is 3.03. The molecule has 5 saturated heterocycles. The number of ketones is 2. The van der Waals surface area contributed by atoms with Gasteiger partial charge >= 0.3 is 5.97 Å². The van der Waals surface area contributed by atoms with Crippen molar-refractivity contribution >= 4 is 28.3 Å². The van der Waals surface area contributed by atoms with Gasteiger partial charge < -0.3 is 108 Å². The van der Waals surface area contributed by atoms with Crippen LogP contribution in [0.5, 0.6) is 17.2 Å². The second kappa shape index (κ2) is 25.8. The number of carbonyl (C=O) groups is 3. The summed E-state index contributed by atoms with van der Waals surface area (Å²) in [6.07, 6.45) is -26.6. The summed E-state index contributed by atoms with van der Waals surface area (Å²) in [5.41, 5.74) is -1.49. The van der Waals surface area contributed by atoms with Gasteiger partial charge in [-0.15, -0.1) is 0 Å². The number of esters is 1. The smallest absolute Gasteiger partial charge is 0.306 e. The minimum absolute atomic E-state index is 0.0215. The highest BCUT2D eigenvalue weighted by Gasteiger charge is 2.52. The first-order chi connectivity index (χ1) is 38.1. The molecule has 25 heteroatoms. The fraction of sp³-hybridized carbons (Fsp3) is 0.768. The molecule has 0 radical (unpaired) electrons. The minimum Gasteiger partial charge on any atom is -0.507 e. The Bertz CT molecular complexity index is 2500. The Kier molecular flexibility index (Phi) is 20.1. The van der Waals surface area contributed by atoms with Gasteiger partial charge in [-0.1, -0.05) is 6.92 Å². The SMILES string of the molecule is CCCC(=O)O[C@H](C)[C@H](O)C(=O)[C@@H](OC)[C@@H]1Cc2cc3cc(O[C@H]4C[C@H](O[C@H]5C[C@@H](O)[C@H](O)[C@@H](C)O5)[C@H](O)[C@@H](C)O4)c(C)c(O)c3c(O)c2C(=O)[C@H]1O[C@H]1C[C@@H](O[C@@H]2C[C@@H](O)[C@@H](O[C@H]3C[C@](C)(O)[C@H](O)[C@@H](C)O3)[C@@H](C)O2)[C@H](O)[C@@H](C)O1. The van der Waals surface area contributed by atoms with Gasteiger partial charge in [0.05, 0.1) is 71.5 Å². The number of Topliss-reactive ketones (excluding diaryl/α,β-unsaturated/α-hetero) is 2. The van der Waals surface area contributed by atoms with E-state index < -0.39 is 182 Å². The summed E-state index contributed by atoms with van der Waals surface area (Å²) in [5, 5.41) is 111. The molecular weight excluding hydrogens is 1070 g/mol. The second-order valence-electron chi connectivity index (χ2n) is 22.9. The number of aliphatic hydroxyl groups is 8. The number of benzene rings is 2. The Hall–Kier alpha value is -3.81. The Morgan fingerprint density at radius 2 is 1.28 bits per heavy atom. The van der Waals surface area contributed by atoms with E-state index in [0.29, 0.717) is 6.42 Å². The summed E-state index contributed by atoms with van der Waals surface area (Å²) in [4.78, 5) is 42.1. The van der Waals surface area contributed by atoms with E-state index in [2.05, 4.69) is 0 Å². The van der Waals surface area contributed by atoms with E-state index in [1.807, 2.05) is 0 Å². The number of carbonyl (C=O) groups excluding carboxylic acids is 3. The van der Waals surface area contributed by atoms with Gasteiger partial charge in [0.1, 0.15) is 66.1 Å². The summed E-state index contributed by atoms with van der Waals surface area (Å²) in [7, 11) is 1.19. The Balaban J connectivity index is 1.05. The quantitative estimate of drug-likeness (QED) is 0.0934. The van der Waals surface area contributed by atoms with Gasteiger partial charge in [-0.3, -0.25) is 14.4 Å². The van der Waals surface area contributed by atoms with Crippen LogP contribution in [-0.2, 0) is 68.1 Å². The zero-order chi connectivity index (χ0) is 59.3. The maximum atomic E-state index is 15.2. The molecule has 2 aromatic rings. The number of ether oxygens (including phenoxy) is 12. The van der Waals surface area contributed by atoms with Crippen molar-refractivity contribution in [2.45, 2.75) is 261 Å². The van der Waals surface area contributed by atoms with Gasteiger partial charge in [0.2, 0.25) is 6.29 Å². The maximum Gasteiger partial charge on any atom is 0.306 e. The van der Waals surface area contributed by atoms with Crippen LogP contribution in [0.25, 0.3) is 10.8 Å². The molecule has 0 spiro atoms. The van der Waals surface area contributed by atoms with Crippen LogP contribution >= 0.6 is 0 Å². The number of hydrogen-bond acceptors (Lipinski definition) is 25. The average molecular weight is 1160 g/mol. The molecule has 81 heavy (non-hydrogen) atoms. The lowest BCUT2D eigenvalue weighted by Gasteiger charge is -2.46. The Labute approximate surface area is 469 Å². The van der Waals surface area contributed by atoms with Crippen LogP contribution in [0.15, 0.2) is 12.1 Å². The second-order valence-corrected chi connectivity index (χ2v) is 22.9. The molecule has 1 aliphatic carbocycles. The number of phenols is 2. The van der Waals surface area contributed by atoms with Crippen LogP contribution in [-0.4, -0.2) is 223 Å². The van der Waals surface area contributed by atoms with Crippen molar-refractivity contribution in [1.29, 1.82) is 0 Å². The van der Waals surface area contributed by atoms with Gasteiger partial charge in [0.15, 0.2) is 42.8 Å². The van der Waals surface area contributed by atoms with Crippen molar-refractivity contribution in [2.24, 2.45) is 5.92 Å². The van der Waals surface area contributed by atoms with Gasteiger partial charge in [-0.25, -0.2) is 0 Å². The minimum atomic E-state index is -1.94. The molecular formula is C56H82O25. The van der Waals surface area contributed by atoms with E-state index >= 15 is 4.79 Å². The maximum absolute atomic E-state index is 15.2. The largest absolute Gasteiger partial charge is 0.507 e. The number of rotatable bonds is 18. The Morgan fingerprint density at radius 3 is 1.86 bits per heavy atom. The molecule has 10 N–H and O–H groups in total. The van der Waals surface area contributed by atoms with E-state index in [-0.39, 0.29) is 78.2 Å². The molecule has 0 saturated carbocycles. The molecule has 25 atom stereocenters. The van der Waals surface area contributed by atoms with Crippen molar-refractivity contribution in [1.82, 2.24) is 0 Å². The molecule has 5 fully saturated rings. The molecule has 8 rings (SSSR count). The lowest BCUT2D eigenvalue weighted by molar-refractivity contribution is -0.337. The number of phenolic OH excluding ortho intramolecular Hbond substituents is 2. The molecule has 6 aliphatic rings. The first-order valence-corrected chi connectivity index (χ1v) is 28.0. The van der Waals surface area contributed by atoms with Gasteiger partial charge in [-0.05, 0) is 91.3 Å². The van der Waals surface area contributed by atoms with Crippen molar-refractivity contribution in [3.8, 4) is 17.2 Å². The number of aliphatic hydroxyl groups excluding tert-OH is 7. The first-order valence-electron chi connectivity index (χ1n) is 28.0. The van der Waals surface area contributed by atoms with Crippen molar-refractivity contribution < 1.29 is 122 Å². The van der Waals surface area contributed by atoms with E-state index in [0.717, 1.165) is 0 Å². The average Bonchev–Trinajstić information content (AvgIpc) is 3.45. The van der Waals surface area contributed by atoms with Crippen molar-refractivity contribution in [2.75, 3.05) is 7.11 Å². The zero-order valence-electron chi connectivity index (χ0n) is 47.3. The highest BCUT2D eigenvalue weighted by atomic mass is 16.7. The molecule has 0 amide bonds. The number of hydrogen-bond donors (Lipinski definition) is 10. The lowest BCUT2D eigenvalue weighted by atomic mass is 9.75. The Morgan fingerprint density at radius 1 is 0.728 bits per heavy atom. The molecule has 5 aliphatic heterocycles. The van der Waals surface area contributed by atoms with E-state index in [4.69, 9.17) is 56.8 Å². The van der Waals surface area contributed by atoms with Crippen LogP contribution in [0.2, 0.25) is 0 Å². The number of aromatic hydroxyl groups is 2. The third-order valence-electron chi connectivity index (χ3n) is 16.6. The normalized spacial score (nSPS) is 40.5. The monoisotopic (exact) mass is 1150 g/mol. The van der Waals surface area contributed by atoms with Gasteiger partial charge in [0, 0.05) is 57.1 Å². The zero-order valence-corrected chi connectivity index (χ0v) is 47.3. The van der Waals surface area contributed by atoms with E-state index in [1.54, 1.807) is 34.6 Å². The molecule has 0 unspecified atom stereocenters. The lowest BCUT2D eigenvalue weighted by Crippen LogP contribution is -2.58. The number of fused-ring (bicyclic) bond motifs is 2. The molecule has 25 nitrogen and oxygen atoms in total. The van der Waals surface area contributed by atoms with Gasteiger partial charge in [0.25, 0.3) is 0 Å². The summed E-state index contributed by atoms with van der Waals surface area (Å²) >= 11 is 0. The highest BCUT2D eigenvalue weighted by molar-refractivity contribution is 6.11. The predicted molar refractivity (Wildman–Crippen MR) is 277 cm³/mol. The third kappa shape index (κ3) is 13.5. The van der Waals surface area contributed by atoms with Crippen LogP contribution < -0.4 is 4.74 Å². The standard InChI is InChI=1S/C56H82O25/c1-11-12-36(59)71-25(6)48(64)51(67)53(70-10)30-14-28-13-29-15-33(77-39-18-34(46(62)23(4)73-39)78-37-16-31(57)45(61)22(3)72-37)21(2)44(60)42(29)49(65)43(28)50(66)54(30)80-40-19-35(47(63)24(5)74-40)79-38-17-32(58)52(26(7)75-38)81-41-20-56(9,69)55(68)27(8)76-41/h13,15,22-27,30-32,34-35,37-41,45-48,52-55,57-58,60-65,68-69H,11-12,14,16-20H2,1-10H3/t22-,23-,24-,25-,26-,27-,30+,31-,32-,34+,35-,37+,38-,39+,40+,41+,45-,46-,47-,48+,52+,53+,54+,55-,56+/m1/s1. The molecule has 0 aromatic heterocycles. The topological polar surface area (TPSA) is 364 Å². The van der Waals surface area contributed by atoms with Gasteiger partial charge in [-0.2, -0.15) is 0 Å². The van der Waals surface area contributed by atoms with Crippen LogP contribution in [0.3, 0.4) is 0 Å². The molecule has 456 valence electrons. The molecule has 5 heterocycles. The summed E-state index contributed by atoms with van der Waals surface area (Å²) in [5.74, 6) is -4.78. The summed E-state index contributed by atoms with van der Waals surface area (Å²) in [6.45, 7) is 14.0. The summed E-state index contributed by atoms with van der Waals surface area (Å²) < 4.78 is 72.2. The van der Waals surface area contributed by atoms with E-state index in [9.17, 15) is 60.7 Å². The van der Waals surface area contributed by atoms with E-state index in [1.165, 1.54) is 46.9 Å². The van der Waals surface area contributed by atoms with Crippen molar-refractivity contribution in [3.05, 3.63) is 28.8 Å². The molecule has 0 bridgehead atoms. The van der Waals surface area contributed by atoms with Crippen LogP contribution in [0.4, 0.5) is 0 Å². The van der Waals surface area contributed by atoms with Crippen LogP contribution in [0, 0.1) is 12.8 Å². The first kappa shape index (κ1) is 63.2. The fourth-order valence-electron chi connectivity index (χ4n) is 11.9. The number of methoxy groups -OCH3 is 1.